The summed E-state index contributed by atoms with van der Waals surface area (Å²) in [6, 6.07) is 7.41. The number of H-pyrrole nitrogens is 1. The Labute approximate surface area is 124 Å². The van der Waals surface area contributed by atoms with Crippen molar-refractivity contribution in [1.29, 1.82) is 0 Å². The molecule has 2 rings (SSSR count). The van der Waals surface area contributed by atoms with Crippen LogP contribution in [0.15, 0.2) is 29.1 Å². The number of aromatic nitrogens is 2. The number of nitrogens with zero attached hydrogens (tertiary/aromatic N) is 1. The van der Waals surface area contributed by atoms with Gasteiger partial charge in [-0.1, -0.05) is 6.07 Å². The second kappa shape index (κ2) is 7.04. The number of hydrogen-bond donors (Lipinski definition) is 2. The number of nitrogens with one attached hydrogen (secondary N) is 1. The smallest absolute Gasteiger partial charge is 0.251 e. The van der Waals surface area contributed by atoms with Gasteiger partial charge in [0.15, 0.2) is 0 Å². The fourth-order valence-corrected chi connectivity index (χ4v) is 2.00. The van der Waals surface area contributed by atoms with E-state index in [0.29, 0.717) is 18.8 Å². The summed E-state index contributed by atoms with van der Waals surface area (Å²) in [5, 5.41) is 0. The molecule has 0 aliphatic rings. The van der Waals surface area contributed by atoms with E-state index in [1.54, 1.807) is 0 Å². The standard InChI is InChI=1S/C16H21N3O2/c1-11-5-6-14(8-12(11)2)21-10-15-18-13(4-3-7-17)9-16(20)19-15/h5-6,8-9H,3-4,7,10,17H2,1-2H3,(H,18,19,20). The molecule has 112 valence electrons. The molecule has 0 fully saturated rings. The molecule has 5 heteroatoms. The SMILES string of the molecule is Cc1ccc(OCc2nc(CCCN)cc(=O)[nH]2)cc1C. The average Bonchev–Trinajstić information content (AvgIpc) is 2.46. The first-order valence-corrected chi connectivity index (χ1v) is 7.07. The van der Waals surface area contributed by atoms with E-state index in [2.05, 4.69) is 16.9 Å². The molecule has 2 aromatic rings. The molecule has 21 heavy (non-hydrogen) atoms. The van der Waals surface area contributed by atoms with E-state index in [1.807, 2.05) is 25.1 Å². The van der Waals surface area contributed by atoms with Gasteiger partial charge in [0, 0.05) is 11.8 Å². The summed E-state index contributed by atoms with van der Waals surface area (Å²) in [5.74, 6) is 1.31. The number of ether oxygens (including phenoxy) is 1. The van der Waals surface area contributed by atoms with Crippen LogP contribution in [0.1, 0.15) is 29.1 Å². The highest BCUT2D eigenvalue weighted by molar-refractivity contribution is 5.33. The summed E-state index contributed by atoms with van der Waals surface area (Å²) in [5.41, 5.74) is 8.46. The van der Waals surface area contributed by atoms with Crippen molar-refractivity contribution >= 4 is 0 Å². The Morgan fingerprint density at radius 1 is 1.24 bits per heavy atom. The van der Waals surface area contributed by atoms with Crippen LogP contribution in [0.2, 0.25) is 0 Å². The molecule has 1 aromatic heterocycles. The van der Waals surface area contributed by atoms with E-state index < -0.39 is 0 Å². The molecule has 0 bridgehead atoms. The molecular weight excluding hydrogens is 266 g/mol. The number of nitrogens with two attached hydrogens (primary N) is 1. The van der Waals surface area contributed by atoms with Gasteiger partial charge in [-0.15, -0.1) is 0 Å². The average molecular weight is 287 g/mol. The quantitative estimate of drug-likeness (QED) is 0.849. The first-order chi connectivity index (χ1) is 10.1. The lowest BCUT2D eigenvalue weighted by Crippen LogP contribution is -2.15. The van der Waals surface area contributed by atoms with E-state index in [-0.39, 0.29) is 12.2 Å². The Hall–Kier alpha value is -2.14. The minimum Gasteiger partial charge on any atom is -0.486 e. The summed E-state index contributed by atoms with van der Waals surface area (Å²) in [6.45, 7) is 4.92. The molecule has 0 radical (unpaired) electrons. The maximum absolute atomic E-state index is 11.6. The van der Waals surface area contributed by atoms with Gasteiger partial charge < -0.3 is 15.5 Å². The van der Waals surface area contributed by atoms with Crippen LogP contribution in [-0.2, 0) is 13.0 Å². The lowest BCUT2D eigenvalue weighted by atomic mass is 10.1. The first kappa shape index (κ1) is 15.3. The molecule has 1 aromatic carbocycles. The topological polar surface area (TPSA) is 81.0 Å². The normalized spacial score (nSPS) is 10.6. The lowest BCUT2D eigenvalue weighted by molar-refractivity contribution is 0.294. The van der Waals surface area contributed by atoms with Crippen LogP contribution in [-0.4, -0.2) is 16.5 Å². The van der Waals surface area contributed by atoms with Crippen molar-refractivity contribution in [3.8, 4) is 5.75 Å². The van der Waals surface area contributed by atoms with Crippen molar-refractivity contribution in [2.75, 3.05) is 6.54 Å². The van der Waals surface area contributed by atoms with Gasteiger partial charge in [0.05, 0.1) is 0 Å². The van der Waals surface area contributed by atoms with Crippen molar-refractivity contribution in [1.82, 2.24) is 9.97 Å². The summed E-state index contributed by atoms with van der Waals surface area (Å²) < 4.78 is 5.69. The van der Waals surface area contributed by atoms with Crippen molar-refractivity contribution in [2.45, 2.75) is 33.3 Å². The Balaban J connectivity index is 2.06. The van der Waals surface area contributed by atoms with Crippen molar-refractivity contribution < 1.29 is 4.74 Å². The number of aryl methyl sites for hydroxylation is 3. The zero-order valence-corrected chi connectivity index (χ0v) is 12.5. The lowest BCUT2D eigenvalue weighted by Gasteiger charge is -2.08. The zero-order valence-electron chi connectivity index (χ0n) is 12.5. The van der Waals surface area contributed by atoms with Gasteiger partial charge in [0.25, 0.3) is 5.56 Å². The van der Waals surface area contributed by atoms with Crippen LogP contribution >= 0.6 is 0 Å². The highest BCUT2D eigenvalue weighted by Gasteiger charge is 2.03. The molecule has 5 nitrogen and oxygen atoms in total. The highest BCUT2D eigenvalue weighted by Crippen LogP contribution is 2.17. The summed E-state index contributed by atoms with van der Waals surface area (Å²) in [6.07, 6.45) is 1.52. The molecule has 0 saturated carbocycles. The van der Waals surface area contributed by atoms with Crippen LogP contribution in [0.5, 0.6) is 5.75 Å². The minimum absolute atomic E-state index is 0.157. The van der Waals surface area contributed by atoms with Gasteiger partial charge >= 0.3 is 0 Å². The van der Waals surface area contributed by atoms with E-state index >= 15 is 0 Å². The van der Waals surface area contributed by atoms with Crippen LogP contribution in [0, 0.1) is 13.8 Å². The summed E-state index contributed by atoms with van der Waals surface area (Å²) >= 11 is 0. The number of rotatable bonds is 6. The van der Waals surface area contributed by atoms with Crippen LogP contribution in [0.4, 0.5) is 0 Å². The molecule has 3 N–H and O–H groups in total. The van der Waals surface area contributed by atoms with Crippen molar-refractivity contribution in [3.05, 3.63) is 57.3 Å². The fourth-order valence-electron chi connectivity index (χ4n) is 2.00. The fraction of sp³-hybridized carbons (Fsp3) is 0.375. The number of benzene rings is 1. The van der Waals surface area contributed by atoms with Gasteiger partial charge in [0.2, 0.25) is 0 Å². The largest absolute Gasteiger partial charge is 0.486 e. The van der Waals surface area contributed by atoms with E-state index in [9.17, 15) is 4.79 Å². The molecule has 0 amide bonds. The molecule has 0 saturated heterocycles. The monoisotopic (exact) mass is 287 g/mol. The third-order valence-electron chi connectivity index (χ3n) is 3.33. The van der Waals surface area contributed by atoms with E-state index in [1.165, 1.54) is 17.2 Å². The van der Waals surface area contributed by atoms with E-state index in [0.717, 1.165) is 17.9 Å². The second-order valence-electron chi connectivity index (χ2n) is 5.11. The second-order valence-corrected chi connectivity index (χ2v) is 5.11. The zero-order chi connectivity index (χ0) is 15.2. The van der Waals surface area contributed by atoms with Gasteiger partial charge in [0.1, 0.15) is 18.2 Å². The molecule has 1 heterocycles. The van der Waals surface area contributed by atoms with Gasteiger partial charge in [-0.3, -0.25) is 4.79 Å². The van der Waals surface area contributed by atoms with Crippen LogP contribution in [0.25, 0.3) is 0 Å². The van der Waals surface area contributed by atoms with Crippen LogP contribution < -0.4 is 16.0 Å². The molecule has 0 aliphatic heterocycles. The molecule has 0 spiro atoms. The molecule has 0 unspecified atom stereocenters. The van der Waals surface area contributed by atoms with Gasteiger partial charge in [-0.05, 0) is 56.5 Å². The predicted octanol–water partition coefficient (Wildman–Crippen LogP) is 1.86. The maximum atomic E-state index is 11.6. The molecule has 0 atom stereocenters. The Bertz CT molecular complexity index is 665. The van der Waals surface area contributed by atoms with Crippen molar-refractivity contribution in [2.24, 2.45) is 5.73 Å². The van der Waals surface area contributed by atoms with Gasteiger partial charge in [-0.2, -0.15) is 0 Å². The third kappa shape index (κ3) is 4.43. The minimum atomic E-state index is -0.157. The van der Waals surface area contributed by atoms with Crippen LogP contribution in [0.3, 0.4) is 0 Å². The predicted molar refractivity (Wildman–Crippen MR) is 82.5 cm³/mol. The van der Waals surface area contributed by atoms with Crippen molar-refractivity contribution in [3.63, 3.8) is 0 Å². The van der Waals surface area contributed by atoms with Gasteiger partial charge in [-0.25, -0.2) is 4.98 Å². The molecular formula is C16H21N3O2. The Morgan fingerprint density at radius 2 is 2.05 bits per heavy atom. The Kier molecular flexibility index (Phi) is 5.11. The summed E-state index contributed by atoms with van der Waals surface area (Å²) in [4.78, 5) is 18.7. The first-order valence-electron chi connectivity index (χ1n) is 7.07. The number of aromatic amines is 1. The Morgan fingerprint density at radius 3 is 2.76 bits per heavy atom. The van der Waals surface area contributed by atoms with E-state index in [4.69, 9.17) is 10.5 Å². The highest BCUT2D eigenvalue weighted by atomic mass is 16.5. The maximum Gasteiger partial charge on any atom is 0.251 e. The third-order valence-corrected chi connectivity index (χ3v) is 3.33. The molecule has 0 aliphatic carbocycles. The summed E-state index contributed by atoms with van der Waals surface area (Å²) in [7, 11) is 0. The number of hydrogen-bond acceptors (Lipinski definition) is 4.